The molecule has 0 bridgehead atoms. The van der Waals surface area contributed by atoms with Crippen LogP contribution in [0.2, 0.25) is 0 Å². The fraction of sp³-hybridized carbons (Fsp3) is 0.300. The summed E-state index contributed by atoms with van der Waals surface area (Å²) >= 11 is 0. The molecule has 1 atom stereocenters. The van der Waals surface area contributed by atoms with Gasteiger partial charge in [0.2, 0.25) is 0 Å². The van der Waals surface area contributed by atoms with Gasteiger partial charge in [-0.1, -0.05) is 30.3 Å². The smallest absolute Gasteiger partial charge is 0.357 e. The van der Waals surface area contributed by atoms with Crippen LogP contribution >= 0.6 is 0 Å². The number of nitrogens with zero attached hydrogens (tertiary/aromatic N) is 3. The zero-order valence-electron chi connectivity index (χ0n) is 15.1. The van der Waals surface area contributed by atoms with Crippen LogP contribution in [-0.2, 0) is 4.74 Å². The third-order valence-corrected chi connectivity index (χ3v) is 4.52. The number of hydrogen-bond acceptors (Lipinski definition) is 4. The van der Waals surface area contributed by atoms with E-state index in [0.29, 0.717) is 18.0 Å². The number of hydrogen-bond donors (Lipinski definition) is 0. The Labute approximate surface area is 147 Å². The monoisotopic (exact) mass is 337 g/mol. The second kappa shape index (κ2) is 6.97. The molecule has 1 aromatic carbocycles. The summed E-state index contributed by atoms with van der Waals surface area (Å²) in [6, 6.07) is 14.5. The zero-order valence-corrected chi connectivity index (χ0v) is 15.1. The molecule has 130 valence electrons. The van der Waals surface area contributed by atoms with Gasteiger partial charge in [0.25, 0.3) is 0 Å². The maximum atomic E-state index is 12.3. The number of carbonyl (C=O) groups is 1. The lowest BCUT2D eigenvalue weighted by Crippen LogP contribution is -2.22. The van der Waals surface area contributed by atoms with E-state index in [4.69, 9.17) is 4.74 Å². The van der Waals surface area contributed by atoms with Gasteiger partial charge >= 0.3 is 5.97 Å². The van der Waals surface area contributed by atoms with Crippen molar-refractivity contribution in [2.75, 3.05) is 18.6 Å². The van der Waals surface area contributed by atoms with Crippen molar-refractivity contribution >= 4 is 17.3 Å². The molecule has 0 fully saturated rings. The topological polar surface area (TPSA) is 46.8 Å². The molecule has 0 aliphatic heterocycles. The number of aromatic nitrogens is 2. The average molecular weight is 337 g/mol. The number of anilines is 1. The Bertz CT molecular complexity index is 887. The largest absolute Gasteiger partial charge is 0.461 e. The van der Waals surface area contributed by atoms with Crippen LogP contribution in [0, 0.1) is 6.92 Å². The van der Waals surface area contributed by atoms with Crippen molar-refractivity contribution < 1.29 is 9.53 Å². The summed E-state index contributed by atoms with van der Waals surface area (Å²) in [5, 5.41) is 0. The van der Waals surface area contributed by atoms with Gasteiger partial charge in [-0.15, -0.1) is 0 Å². The Kier molecular flexibility index (Phi) is 4.74. The van der Waals surface area contributed by atoms with Crippen molar-refractivity contribution in [2.45, 2.75) is 26.8 Å². The van der Waals surface area contributed by atoms with Crippen LogP contribution in [0.1, 0.15) is 41.6 Å². The first kappa shape index (κ1) is 17.0. The van der Waals surface area contributed by atoms with Gasteiger partial charge in [0.05, 0.1) is 24.0 Å². The Hall–Kier alpha value is -2.82. The molecule has 0 saturated heterocycles. The number of esters is 1. The highest BCUT2D eigenvalue weighted by molar-refractivity contribution is 5.91. The highest BCUT2D eigenvalue weighted by Gasteiger charge is 2.22. The van der Waals surface area contributed by atoms with Crippen LogP contribution in [0.25, 0.3) is 5.65 Å². The van der Waals surface area contributed by atoms with Gasteiger partial charge in [-0.05, 0) is 38.5 Å². The molecule has 0 saturated carbocycles. The van der Waals surface area contributed by atoms with E-state index in [2.05, 4.69) is 28.9 Å². The summed E-state index contributed by atoms with van der Waals surface area (Å²) in [6.45, 7) is 6.14. The number of benzene rings is 1. The van der Waals surface area contributed by atoms with Gasteiger partial charge < -0.3 is 9.64 Å². The van der Waals surface area contributed by atoms with E-state index in [1.54, 1.807) is 6.92 Å². The van der Waals surface area contributed by atoms with Gasteiger partial charge in [-0.2, -0.15) is 0 Å². The van der Waals surface area contributed by atoms with Gasteiger partial charge in [-0.25, -0.2) is 9.78 Å². The number of aryl methyl sites for hydroxylation is 1. The number of rotatable bonds is 5. The Morgan fingerprint density at radius 2 is 1.96 bits per heavy atom. The first-order valence-electron chi connectivity index (χ1n) is 8.47. The maximum absolute atomic E-state index is 12.3. The third-order valence-electron chi connectivity index (χ3n) is 4.52. The van der Waals surface area contributed by atoms with Crippen molar-refractivity contribution in [3.63, 3.8) is 0 Å². The summed E-state index contributed by atoms with van der Waals surface area (Å²) in [5.41, 5.74) is 4.11. The highest BCUT2D eigenvalue weighted by atomic mass is 16.5. The van der Waals surface area contributed by atoms with E-state index in [-0.39, 0.29) is 12.0 Å². The predicted octanol–water partition coefficient (Wildman–Crippen LogP) is 4.02. The molecule has 3 rings (SSSR count). The number of imidazole rings is 1. The molecule has 0 spiro atoms. The molecule has 0 radical (unpaired) electrons. The van der Waals surface area contributed by atoms with Crippen molar-refractivity contribution in [3.05, 3.63) is 65.6 Å². The van der Waals surface area contributed by atoms with Gasteiger partial charge in [0.1, 0.15) is 0 Å². The van der Waals surface area contributed by atoms with Crippen LogP contribution in [0.4, 0.5) is 5.69 Å². The molecule has 0 aliphatic rings. The second-order valence-electron chi connectivity index (χ2n) is 6.05. The van der Waals surface area contributed by atoms with E-state index in [1.807, 2.05) is 54.9 Å². The first-order chi connectivity index (χ1) is 12.0. The van der Waals surface area contributed by atoms with Gasteiger partial charge in [0.15, 0.2) is 11.3 Å². The molecule has 2 heterocycles. The highest BCUT2D eigenvalue weighted by Crippen LogP contribution is 2.29. The molecule has 5 heteroatoms. The van der Waals surface area contributed by atoms with Crippen molar-refractivity contribution in [2.24, 2.45) is 0 Å². The minimum atomic E-state index is -0.344. The summed E-state index contributed by atoms with van der Waals surface area (Å²) in [4.78, 5) is 19.1. The molecule has 0 N–H and O–H groups in total. The van der Waals surface area contributed by atoms with E-state index in [9.17, 15) is 4.79 Å². The molecule has 25 heavy (non-hydrogen) atoms. The fourth-order valence-corrected chi connectivity index (χ4v) is 3.05. The number of carbonyl (C=O) groups excluding carboxylic acids is 1. The summed E-state index contributed by atoms with van der Waals surface area (Å²) in [6.07, 6.45) is 1.85. The minimum absolute atomic E-state index is 0.176. The number of ether oxygens (including phenoxy) is 1. The fourth-order valence-electron chi connectivity index (χ4n) is 3.05. The molecule has 3 aromatic rings. The van der Waals surface area contributed by atoms with Crippen LogP contribution < -0.4 is 4.90 Å². The maximum Gasteiger partial charge on any atom is 0.357 e. The quantitative estimate of drug-likeness (QED) is 0.660. The summed E-state index contributed by atoms with van der Waals surface area (Å²) in [7, 11) is 2.04. The molecule has 0 amide bonds. The number of pyridine rings is 1. The molecule has 2 aromatic heterocycles. The van der Waals surface area contributed by atoms with Gasteiger partial charge in [0, 0.05) is 13.2 Å². The lowest BCUT2D eigenvalue weighted by Gasteiger charge is -2.27. The SMILES string of the molecule is CCOC(=O)c1c(C)nc2c(N(C)C(C)c3ccccc3)cccn12. The van der Waals surface area contributed by atoms with Crippen LogP contribution in [0.15, 0.2) is 48.7 Å². The van der Waals surface area contributed by atoms with E-state index >= 15 is 0 Å². The van der Waals surface area contributed by atoms with E-state index in [0.717, 1.165) is 11.3 Å². The van der Waals surface area contributed by atoms with Crippen LogP contribution in [0.5, 0.6) is 0 Å². The average Bonchev–Trinajstić information content (AvgIpc) is 2.97. The van der Waals surface area contributed by atoms with Crippen molar-refractivity contribution in [1.29, 1.82) is 0 Å². The van der Waals surface area contributed by atoms with Gasteiger partial charge in [-0.3, -0.25) is 4.40 Å². The van der Waals surface area contributed by atoms with Crippen molar-refractivity contribution in [1.82, 2.24) is 9.38 Å². The Morgan fingerprint density at radius 3 is 2.64 bits per heavy atom. The standard InChI is InChI=1S/C20H23N3O2/c1-5-25-20(24)18-14(2)21-19-17(12-9-13-23(18)19)22(4)15(3)16-10-7-6-8-11-16/h6-13,15H,5H2,1-4H3. The summed E-state index contributed by atoms with van der Waals surface area (Å²) in [5.74, 6) is -0.344. The van der Waals surface area contributed by atoms with E-state index in [1.165, 1.54) is 5.56 Å². The summed E-state index contributed by atoms with van der Waals surface area (Å²) < 4.78 is 7.00. The molecule has 5 nitrogen and oxygen atoms in total. The molecule has 0 aliphatic carbocycles. The van der Waals surface area contributed by atoms with Crippen LogP contribution in [-0.4, -0.2) is 29.0 Å². The lowest BCUT2D eigenvalue weighted by atomic mass is 10.1. The molecule has 1 unspecified atom stereocenters. The number of fused-ring (bicyclic) bond motifs is 1. The molecular formula is C20H23N3O2. The first-order valence-corrected chi connectivity index (χ1v) is 8.47. The normalized spacial score (nSPS) is 12.2. The van der Waals surface area contributed by atoms with Crippen molar-refractivity contribution in [3.8, 4) is 0 Å². The third kappa shape index (κ3) is 3.09. The second-order valence-corrected chi connectivity index (χ2v) is 6.05. The Morgan fingerprint density at radius 1 is 1.24 bits per heavy atom. The molecular weight excluding hydrogens is 314 g/mol. The zero-order chi connectivity index (χ0) is 18.0. The van der Waals surface area contributed by atoms with E-state index < -0.39 is 0 Å². The minimum Gasteiger partial charge on any atom is -0.461 e. The Balaban J connectivity index is 2.05. The van der Waals surface area contributed by atoms with Crippen LogP contribution in [0.3, 0.4) is 0 Å². The lowest BCUT2D eigenvalue weighted by molar-refractivity contribution is 0.0517. The predicted molar refractivity (Wildman–Crippen MR) is 99.1 cm³/mol.